The van der Waals surface area contributed by atoms with E-state index in [1.807, 2.05) is 50.2 Å². The number of aryl methyl sites for hydroxylation is 1. The molecule has 0 aliphatic heterocycles. The van der Waals surface area contributed by atoms with Crippen molar-refractivity contribution < 1.29 is 37.3 Å². The molecule has 0 saturated carbocycles. The minimum Gasteiger partial charge on any atom is -0.485 e. The second-order valence-corrected chi connectivity index (χ2v) is 12.5. The summed E-state index contributed by atoms with van der Waals surface area (Å²) in [5.74, 6) is 1.34. The van der Waals surface area contributed by atoms with Crippen molar-refractivity contribution in [3.63, 3.8) is 0 Å². The number of phosphoric ester groups is 1. The number of carbonyl (C=O) groups excluding carboxylic acids is 1. The van der Waals surface area contributed by atoms with Crippen LogP contribution in [0.15, 0.2) is 40.8 Å². The highest BCUT2D eigenvalue weighted by molar-refractivity contribution is 14.1. The molecule has 1 heterocycles. The Kier molecular flexibility index (Phi) is 11.0. The van der Waals surface area contributed by atoms with Crippen molar-refractivity contribution in [1.29, 1.82) is 0 Å². The molecule has 0 amide bonds. The number of halogens is 2. The molecule has 0 aliphatic rings. The van der Waals surface area contributed by atoms with Crippen molar-refractivity contribution >= 4 is 69.8 Å². The fraction of sp³-hybridized carbons (Fsp3) is 0.423. The van der Waals surface area contributed by atoms with Gasteiger partial charge in [-0.2, -0.15) is 0 Å². The van der Waals surface area contributed by atoms with Gasteiger partial charge in [-0.05, 0) is 83.6 Å². The number of quaternary nitrogens is 1. The molecule has 202 valence electrons. The van der Waals surface area contributed by atoms with E-state index < -0.39 is 7.82 Å². The third kappa shape index (κ3) is 7.77. The first-order chi connectivity index (χ1) is 17.5. The van der Waals surface area contributed by atoms with Crippen LogP contribution in [-0.2, 0) is 15.5 Å². The maximum atomic E-state index is 13.7. The van der Waals surface area contributed by atoms with Gasteiger partial charge in [-0.25, -0.2) is 9.09 Å². The Morgan fingerprint density at radius 2 is 1.73 bits per heavy atom. The summed E-state index contributed by atoms with van der Waals surface area (Å²) < 4.78 is 30.2. The molecule has 0 radical (unpaired) electrons. The number of hydrogen-bond acceptors (Lipinski definition) is 5. The van der Waals surface area contributed by atoms with E-state index in [1.165, 1.54) is 0 Å². The average molecular weight is 756 g/mol. The zero-order valence-electron chi connectivity index (χ0n) is 21.2. The largest absolute Gasteiger partial charge is 0.485 e. The Morgan fingerprint density at radius 3 is 2.32 bits per heavy atom. The molecule has 11 heteroatoms. The molecular formula is C26H33I2NO7P+. The van der Waals surface area contributed by atoms with Crippen LogP contribution in [0.3, 0.4) is 0 Å². The van der Waals surface area contributed by atoms with E-state index in [1.54, 1.807) is 0 Å². The first-order valence-electron chi connectivity index (χ1n) is 12.3. The molecule has 1 aromatic heterocycles. The normalized spacial score (nSPS) is 12.3. The number of hydrogen-bond donors (Lipinski definition) is 2. The number of rotatable bonds is 14. The SMILES string of the molecule is CCCCc1oc2ccccc2c1C(=O)c1cc(I)c(OCC[N+](CC)(CC)COP(=O)(O)O)c(I)c1. The van der Waals surface area contributed by atoms with Crippen molar-refractivity contribution in [3.05, 3.63) is 60.4 Å². The van der Waals surface area contributed by atoms with Gasteiger partial charge in [0.2, 0.25) is 0 Å². The van der Waals surface area contributed by atoms with Crippen molar-refractivity contribution in [3.8, 4) is 5.75 Å². The molecule has 3 aromatic rings. The molecule has 3 rings (SSSR count). The molecule has 8 nitrogen and oxygen atoms in total. The zero-order valence-corrected chi connectivity index (χ0v) is 26.4. The van der Waals surface area contributed by atoms with E-state index in [4.69, 9.17) is 23.5 Å². The predicted molar refractivity (Wildman–Crippen MR) is 160 cm³/mol. The molecule has 0 aliphatic carbocycles. The summed E-state index contributed by atoms with van der Waals surface area (Å²) in [5, 5.41) is 0.828. The summed E-state index contributed by atoms with van der Waals surface area (Å²) in [6.45, 7) is 8.05. The van der Waals surface area contributed by atoms with Crippen molar-refractivity contribution in [2.75, 3.05) is 33.0 Å². The van der Waals surface area contributed by atoms with E-state index in [-0.39, 0.29) is 12.5 Å². The summed E-state index contributed by atoms with van der Waals surface area (Å²) in [4.78, 5) is 31.9. The summed E-state index contributed by atoms with van der Waals surface area (Å²) in [6.07, 6.45) is 2.66. The van der Waals surface area contributed by atoms with Crippen LogP contribution in [-0.4, -0.2) is 53.0 Å². The van der Waals surface area contributed by atoms with Crippen molar-refractivity contribution in [2.45, 2.75) is 40.0 Å². The van der Waals surface area contributed by atoms with Gasteiger partial charge in [-0.3, -0.25) is 9.28 Å². The number of nitrogens with zero attached hydrogens (tertiary/aromatic N) is 1. The van der Waals surface area contributed by atoms with E-state index in [9.17, 15) is 9.36 Å². The molecule has 0 spiro atoms. The second-order valence-electron chi connectivity index (χ2n) is 8.89. The Balaban J connectivity index is 1.81. The van der Waals surface area contributed by atoms with Gasteiger partial charge in [-0.1, -0.05) is 31.5 Å². The lowest BCUT2D eigenvalue weighted by molar-refractivity contribution is -0.939. The minimum absolute atomic E-state index is 0.0688. The highest BCUT2D eigenvalue weighted by atomic mass is 127. The van der Waals surface area contributed by atoms with Gasteiger partial charge in [0.15, 0.2) is 12.5 Å². The molecule has 0 bridgehead atoms. The third-order valence-electron chi connectivity index (χ3n) is 6.57. The Labute approximate surface area is 244 Å². The van der Waals surface area contributed by atoms with Gasteiger partial charge < -0.3 is 18.9 Å². The van der Waals surface area contributed by atoms with Crippen LogP contribution in [0.4, 0.5) is 0 Å². The number of unbranched alkanes of at least 4 members (excludes halogenated alkanes) is 1. The number of fused-ring (bicyclic) bond motifs is 1. The van der Waals surface area contributed by atoms with Gasteiger partial charge in [0.1, 0.15) is 30.2 Å². The molecule has 0 fully saturated rings. The first kappa shape index (κ1) is 30.5. The van der Waals surface area contributed by atoms with Crippen LogP contribution in [0.2, 0.25) is 0 Å². The maximum Gasteiger partial charge on any atom is 0.474 e. The van der Waals surface area contributed by atoms with Crippen LogP contribution in [0.5, 0.6) is 5.75 Å². The number of ether oxygens (including phenoxy) is 1. The molecule has 0 unspecified atom stereocenters. The van der Waals surface area contributed by atoms with Crippen LogP contribution in [0.1, 0.15) is 55.3 Å². The number of carbonyl (C=O) groups is 1. The molecule has 2 aromatic carbocycles. The number of ketones is 1. The summed E-state index contributed by atoms with van der Waals surface area (Å²) in [6, 6.07) is 11.3. The van der Waals surface area contributed by atoms with Crippen LogP contribution >= 0.6 is 53.0 Å². The van der Waals surface area contributed by atoms with E-state index in [0.717, 1.165) is 36.7 Å². The first-order valence-corrected chi connectivity index (χ1v) is 15.9. The molecule has 2 N–H and O–H groups in total. The predicted octanol–water partition coefficient (Wildman–Crippen LogP) is 6.52. The Hall–Kier alpha value is -1.02. The Morgan fingerprint density at radius 1 is 1.08 bits per heavy atom. The zero-order chi connectivity index (χ0) is 27.2. The van der Waals surface area contributed by atoms with E-state index in [0.29, 0.717) is 54.0 Å². The van der Waals surface area contributed by atoms with E-state index >= 15 is 0 Å². The number of likely N-dealkylation sites (N-methyl/N-ethyl adjacent to an activating group) is 1. The lowest BCUT2D eigenvalue weighted by atomic mass is 9.98. The maximum absolute atomic E-state index is 13.7. The van der Waals surface area contributed by atoms with Gasteiger partial charge in [0.25, 0.3) is 0 Å². The molecule has 37 heavy (non-hydrogen) atoms. The monoisotopic (exact) mass is 756 g/mol. The van der Waals surface area contributed by atoms with Crippen molar-refractivity contribution in [2.24, 2.45) is 0 Å². The van der Waals surface area contributed by atoms with Gasteiger partial charge in [0.05, 0.1) is 25.8 Å². The second kappa shape index (κ2) is 13.4. The Bertz CT molecular complexity index is 1260. The number of benzene rings is 2. The number of para-hydroxylation sites is 1. The highest BCUT2D eigenvalue weighted by Crippen LogP contribution is 2.37. The third-order valence-corrected chi connectivity index (χ3v) is 8.62. The highest BCUT2D eigenvalue weighted by Gasteiger charge is 2.29. The van der Waals surface area contributed by atoms with Crippen LogP contribution in [0.25, 0.3) is 11.0 Å². The fourth-order valence-corrected chi connectivity index (χ4v) is 6.63. The topological polar surface area (TPSA) is 106 Å². The lowest BCUT2D eigenvalue weighted by Gasteiger charge is -2.35. The van der Waals surface area contributed by atoms with Crippen LogP contribution in [0, 0.1) is 7.14 Å². The lowest BCUT2D eigenvalue weighted by Crippen LogP contribution is -2.51. The van der Waals surface area contributed by atoms with Gasteiger partial charge in [0, 0.05) is 17.4 Å². The standard InChI is InChI=1S/C26H32I2NO7P/c1-4-7-11-23-24(19-10-8-9-12-22(19)36-23)25(30)18-15-20(27)26(21(28)16-18)34-14-13-29(5-2,6-3)17-35-37(31,32)33/h8-10,12,15-16H,4-7,11,13-14,17H2,1-3H3,(H-,31,32,33)/p+1. The van der Waals surface area contributed by atoms with Crippen molar-refractivity contribution in [1.82, 2.24) is 0 Å². The summed E-state index contributed by atoms with van der Waals surface area (Å²) in [5.41, 5.74) is 1.92. The quantitative estimate of drug-likeness (QED) is 0.0635. The average Bonchev–Trinajstić information content (AvgIpc) is 3.23. The fourth-order valence-electron chi connectivity index (χ4n) is 4.16. The van der Waals surface area contributed by atoms with Gasteiger partial charge >= 0.3 is 7.82 Å². The number of phosphoric acid groups is 1. The molecular weight excluding hydrogens is 723 g/mol. The number of furan rings is 1. The molecule has 0 saturated heterocycles. The molecule has 0 atom stereocenters. The van der Waals surface area contributed by atoms with Gasteiger partial charge in [-0.15, -0.1) is 0 Å². The van der Waals surface area contributed by atoms with E-state index in [2.05, 4.69) is 52.1 Å². The summed E-state index contributed by atoms with van der Waals surface area (Å²) >= 11 is 4.36. The van der Waals surface area contributed by atoms with Crippen LogP contribution < -0.4 is 4.74 Å². The summed E-state index contributed by atoms with van der Waals surface area (Å²) in [7, 11) is -4.55. The minimum atomic E-state index is -4.55. The smallest absolute Gasteiger partial charge is 0.474 e.